The quantitative estimate of drug-likeness (QED) is 0.391. The zero-order valence-electron chi connectivity index (χ0n) is 23.3. The molecule has 12 atom stereocenters. The lowest BCUT2D eigenvalue weighted by Gasteiger charge is -2.62. The Kier molecular flexibility index (Phi) is 5.78. The van der Waals surface area contributed by atoms with Crippen molar-refractivity contribution in [2.24, 2.45) is 52.3 Å². The van der Waals surface area contributed by atoms with E-state index in [2.05, 4.69) is 32.6 Å². The van der Waals surface area contributed by atoms with E-state index in [1.807, 2.05) is 0 Å². The molecular weight excluding hydrogens is 430 g/mol. The van der Waals surface area contributed by atoms with Crippen LogP contribution < -0.4 is 0 Å². The van der Waals surface area contributed by atoms with Crippen molar-refractivity contribution in [1.29, 1.82) is 0 Å². The van der Waals surface area contributed by atoms with E-state index in [0.29, 0.717) is 34.7 Å². The Morgan fingerprint density at radius 1 is 0.771 bits per heavy atom. The predicted octanol–water partition coefficient (Wildman–Crippen LogP) is 7.29. The number of rotatable bonds is 1. The summed E-state index contributed by atoms with van der Waals surface area (Å²) in [4.78, 5) is 2.90. The molecule has 6 unspecified atom stereocenters. The number of likely N-dealkylation sites (tertiary alicyclic amines) is 1. The minimum Gasteiger partial charge on any atom is -0.349 e. The average molecular weight is 484 g/mol. The molecule has 4 saturated carbocycles. The topological polar surface area (TPSA) is 21.7 Å². The molecule has 7 rings (SSSR count). The molecule has 7 aliphatic rings. The second-order valence-electron chi connectivity index (χ2n) is 15.2. The van der Waals surface area contributed by atoms with E-state index < -0.39 is 0 Å². The van der Waals surface area contributed by atoms with Gasteiger partial charge in [0.2, 0.25) is 0 Å². The summed E-state index contributed by atoms with van der Waals surface area (Å²) in [5.74, 6) is 5.48. The number of ether oxygens (including phenoxy) is 2. The van der Waals surface area contributed by atoms with Gasteiger partial charge in [0.15, 0.2) is 5.79 Å². The fourth-order valence-electron chi connectivity index (χ4n) is 11.9. The van der Waals surface area contributed by atoms with Crippen LogP contribution >= 0.6 is 0 Å². The van der Waals surface area contributed by atoms with Crippen molar-refractivity contribution in [3.05, 3.63) is 0 Å². The smallest absolute Gasteiger partial charge is 0.171 e. The number of fused-ring (bicyclic) bond motifs is 7. The molecule has 0 amide bonds. The Hall–Kier alpha value is -0.120. The summed E-state index contributed by atoms with van der Waals surface area (Å²) in [7, 11) is 0. The summed E-state index contributed by atoms with van der Waals surface area (Å²) < 4.78 is 13.5. The first-order valence-corrected chi connectivity index (χ1v) is 15.9. The summed E-state index contributed by atoms with van der Waals surface area (Å²) in [6, 6.07) is 0.897. The first kappa shape index (κ1) is 24.0. The van der Waals surface area contributed by atoms with E-state index in [0.717, 1.165) is 42.7 Å². The fraction of sp³-hybridized carbons (Fsp3) is 1.00. The summed E-state index contributed by atoms with van der Waals surface area (Å²) in [5, 5.41) is 0. The summed E-state index contributed by atoms with van der Waals surface area (Å²) >= 11 is 0. The van der Waals surface area contributed by atoms with Gasteiger partial charge in [-0.1, -0.05) is 34.1 Å². The van der Waals surface area contributed by atoms with Gasteiger partial charge in [-0.2, -0.15) is 0 Å². The Morgan fingerprint density at radius 3 is 2.34 bits per heavy atom. The van der Waals surface area contributed by atoms with Crippen molar-refractivity contribution in [1.82, 2.24) is 4.90 Å². The van der Waals surface area contributed by atoms with Crippen LogP contribution in [0.25, 0.3) is 0 Å². The average Bonchev–Trinajstić information content (AvgIpc) is 3.31. The third-order valence-electron chi connectivity index (χ3n) is 13.8. The Bertz CT molecular complexity index is 799. The molecule has 0 aromatic carbocycles. The van der Waals surface area contributed by atoms with Crippen molar-refractivity contribution in [3.8, 4) is 0 Å². The second-order valence-corrected chi connectivity index (χ2v) is 15.2. The van der Waals surface area contributed by atoms with Crippen molar-refractivity contribution in [2.75, 3.05) is 19.7 Å². The lowest BCUT2D eigenvalue weighted by Crippen LogP contribution is -2.56. The van der Waals surface area contributed by atoms with Gasteiger partial charge in [0.1, 0.15) is 0 Å². The Balaban J connectivity index is 1.08. The molecule has 3 nitrogen and oxygen atoms in total. The highest BCUT2D eigenvalue weighted by Gasteiger charge is 2.69. The minimum absolute atomic E-state index is 0.261. The largest absolute Gasteiger partial charge is 0.349 e. The Morgan fingerprint density at radius 2 is 1.57 bits per heavy atom. The maximum Gasteiger partial charge on any atom is 0.171 e. The van der Waals surface area contributed by atoms with Crippen LogP contribution in [-0.2, 0) is 9.47 Å². The molecule has 0 bridgehead atoms. The molecule has 0 aromatic heterocycles. The van der Waals surface area contributed by atoms with Gasteiger partial charge in [-0.05, 0) is 130 Å². The number of piperidine rings is 1. The predicted molar refractivity (Wildman–Crippen MR) is 141 cm³/mol. The van der Waals surface area contributed by atoms with Gasteiger partial charge in [0.25, 0.3) is 0 Å². The van der Waals surface area contributed by atoms with Crippen LogP contribution in [0.4, 0.5) is 0 Å². The number of hydrogen-bond donors (Lipinski definition) is 0. The van der Waals surface area contributed by atoms with Gasteiger partial charge in [-0.25, -0.2) is 0 Å². The molecule has 35 heavy (non-hydrogen) atoms. The molecule has 0 N–H and O–H groups in total. The first-order valence-electron chi connectivity index (χ1n) is 15.9. The molecule has 7 fully saturated rings. The first-order chi connectivity index (χ1) is 16.8. The summed E-state index contributed by atoms with van der Waals surface area (Å²) in [5.41, 5.74) is 1.07. The highest BCUT2D eigenvalue weighted by Crippen LogP contribution is 2.71. The zero-order valence-corrected chi connectivity index (χ0v) is 23.3. The third kappa shape index (κ3) is 3.45. The molecule has 0 radical (unpaired) electrons. The van der Waals surface area contributed by atoms with Crippen LogP contribution in [-0.4, -0.2) is 42.5 Å². The maximum atomic E-state index is 7.00. The molecule has 3 saturated heterocycles. The minimum atomic E-state index is -0.261. The van der Waals surface area contributed by atoms with E-state index in [4.69, 9.17) is 9.47 Å². The van der Waals surface area contributed by atoms with Gasteiger partial charge in [-0.15, -0.1) is 0 Å². The summed E-state index contributed by atoms with van der Waals surface area (Å²) in [6.07, 6.45) is 18.9. The third-order valence-corrected chi connectivity index (χ3v) is 13.8. The van der Waals surface area contributed by atoms with Crippen molar-refractivity contribution >= 4 is 0 Å². The van der Waals surface area contributed by atoms with Crippen LogP contribution in [0.1, 0.15) is 111 Å². The highest BCUT2D eigenvalue weighted by atomic mass is 16.7. The van der Waals surface area contributed by atoms with E-state index in [1.165, 1.54) is 90.1 Å². The normalized spacial score (nSPS) is 58.5. The molecule has 3 heteroatoms. The SMILES string of the molecule is C[C@@H]1CC[C@@]2(OC1)OC1CC3C4CCC5C[C@@H](N6CCCCC6)CC[C@]5(C)C4CC[C@]3(C)C1[C@@H]2C. The highest BCUT2D eigenvalue weighted by molar-refractivity contribution is 5.15. The van der Waals surface area contributed by atoms with Crippen LogP contribution in [0.2, 0.25) is 0 Å². The number of nitrogens with zero attached hydrogens (tertiary/aromatic N) is 1. The van der Waals surface area contributed by atoms with Gasteiger partial charge >= 0.3 is 0 Å². The van der Waals surface area contributed by atoms with E-state index >= 15 is 0 Å². The van der Waals surface area contributed by atoms with Crippen molar-refractivity contribution < 1.29 is 9.47 Å². The lowest BCUT2D eigenvalue weighted by atomic mass is 9.44. The molecule has 1 spiro atoms. The van der Waals surface area contributed by atoms with Gasteiger partial charge in [0.05, 0.1) is 12.7 Å². The number of hydrogen-bond acceptors (Lipinski definition) is 3. The molecule has 0 aromatic rings. The maximum absolute atomic E-state index is 7.00. The molecule has 4 aliphatic carbocycles. The van der Waals surface area contributed by atoms with Crippen LogP contribution in [0.3, 0.4) is 0 Å². The van der Waals surface area contributed by atoms with Crippen LogP contribution in [0.5, 0.6) is 0 Å². The van der Waals surface area contributed by atoms with Crippen molar-refractivity contribution in [2.45, 2.75) is 129 Å². The van der Waals surface area contributed by atoms with Crippen molar-refractivity contribution in [3.63, 3.8) is 0 Å². The molecule has 198 valence electrons. The summed E-state index contributed by atoms with van der Waals surface area (Å²) in [6.45, 7) is 13.9. The molecule has 3 aliphatic heterocycles. The van der Waals surface area contributed by atoms with Crippen LogP contribution in [0.15, 0.2) is 0 Å². The van der Waals surface area contributed by atoms with Gasteiger partial charge in [-0.3, -0.25) is 0 Å². The van der Waals surface area contributed by atoms with Gasteiger partial charge in [0, 0.05) is 18.4 Å². The molecule has 3 heterocycles. The van der Waals surface area contributed by atoms with E-state index in [1.54, 1.807) is 0 Å². The molecular formula is C32H53NO2. The van der Waals surface area contributed by atoms with Gasteiger partial charge < -0.3 is 14.4 Å². The van der Waals surface area contributed by atoms with E-state index in [9.17, 15) is 0 Å². The zero-order chi connectivity index (χ0) is 24.0. The lowest BCUT2D eigenvalue weighted by molar-refractivity contribution is -0.273. The Labute approximate surface area is 215 Å². The van der Waals surface area contributed by atoms with E-state index in [-0.39, 0.29) is 5.79 Å². The standard InChI is InChI=1S/C32H53NO2/c1-21-10-15-32(34-20-21)22(2)29-28(35-32)19-27-25-9-8-23-18-24(33-16-6-5-7-17-33)11-13-30(23,3)26(25)12-14-31(27,29)4/h21-29H,5-20H2,1-4H3/t21-,22+,23?,24+,25?,26?,27?,28?,29?,30+,31+,32-/m1/s1. The fourth-order valence-corrected chi connectivity index (χ4v) is 11.9. The monoisotopic (exact) mass is 483 g/mol. The second kappa shape index (κ2) is 8.44. The van der Waals surface area contributed by atoms with Crippen LogP contribution in [0, 0.1) is 52.3 Å².